The van der Waals surface area contributed by atoms with E-state index < -0.39 is 110 Å². The van der Waals surface area contributed by atoms with E-state index in [0.717, 1.165) is 41.5 Å². The van der Waals surface area contributed by atoms with Crippen molar-refractivity contribution in [3.63, 3.8) is 0 Å². The van der Waals surface area contributed by atoms with Crippen LogP contribution in [0, 0.1) is 0 Å². The van der Waals surface area contributed by atoms with E-state index in [1.165, 1.54) is 6.08 Å². The summed E-state index contributed by atoms with van der Waals surface area (Å²) >= 11 is 6.35. The molecule has 44 heavy (non-hydrogen) atoms. The van der Waals surface area contributed by atoms with Gasteiger partial charge >= 0.3 is 35.8 Å². The van der Waals surface area contributed by atoms with Gasteiger partial charge in [-0.15, -0.1) is 6.58 Å². The molecule has 17 heteroatoms. The first-order valence-corrected chi connectivity index (χ1v) is 13.9. The Morgan fingerprint density at radius 2 is 1.05 bits per heavy atom. The molecule has 0 saturated carbocycles. The number of rotatable bonds is 13. The van der Waals surface area contributed by atoms with E-state index in [4.69, 9.17) is 59.0 Å². The number of hydrogen-bond donors (Lipinski definition) is 0. The lowest BCUT2D eigenvalue weighted by Crippen LogP contribution is -2.66. The van der Waals surface area contributed by atoms with Gasteiger partial charge in [0, 0.05) is 41.5 Å². The Kier molecular flexibility index (Phi) is 14.5. The molecule has 0 spiro atoms. The van der Waals surface area contributed by atoms with Gasteiger partial charge in [0.2, 0.25) is 0 Å². The molecular weight excluding hydrogens is 616 g/mol. The lowest BCUT2D eigenvalue weighted by molar-refractivity contribution is -0.345. The van der Waals surface area contributed by atoms with Gasteiger partial charge in [-0.1, -0.05) is 17.7 Å². The van der Waals surface area contributed by atoms with Gasteiger partial charge in [-0.2, -0.15) is 0 Å². The molecule has 0 amide bonds. The van der Waals surface area contributed by atoms with Crippen molar-refractivity contribution in [1.82, 2.24) is 0 Å². The normalized spacial score (nSPS) is 31.5. The molecule has 0 aromatic carbocycles. The second-order valence-corrected chi connectivity index (χ2v) is 10.1. The van der Waals surface area contributed by atoms with E-state index in [1.54, 1.807) is 0 Å². The number of ether oxygens (including phenoxy) is 10. The molecule has 0 aliphatic carbocycles. The summed E-state index contributed by atoms with van der Waals surface area (Å²) in [6.07, 6.45) is -11.1. The third-order valence-corrected chi connectivity index (χ3v) is 6.33. The molecule has 248 valence electrons. The molecule has 10 atom stereocenters. The minimum Gasteiger partial charge on any atom is -0.463 e. The van der Waals surface area contributed by atoms with Crippen molar-refractivity contribution in [3.8, 4) is 0 Å². The predicted molar refractivity (Wildman–Crippen MR) is 143 cm³/mol. The van der Waals surface area contributed by atoms with Crippen LogP contribution in [0.5, 0.6) is 0 Å². The molecule has 2 fully saturated rings. The molecule has 2 rings (SSSR count). The number of alkyl halides is 1. The summed E-state index contributed by atoms with van der Waals surface area (Å²) in [5, 5.41) is 0. The lowest BCUT2D eigenvalue weighted by Gasteiger charge is -2.48. The number of halogens is 1. The van der Waals surface area contributed by atoms with Gasteiger partial charge in [0.1, 0.15) is 37.6 Å². The molecule has 0 N–H and O–H groups in total. The van der Waals surface area contributed by atoms with Crippen LogP contribution in [-0.2, 0) is 76.1 Å². The second kappa shape index (κ2) is 17.2. The van der Waals surface area contributed by atoms with Crippen LogP contribution in [0.25, 0.3) is 0 Å². The zero-order valence-electron chi connectivity index (χ0n) is 25.1. The maximum Gasteiger partial charge on any atom is 0.303 e. The zero-order valence-corrected chi connectivity index (χ0v) is 25.8. The first-order valence-electron chi connectivity index (χ1n) is 13.4. The van der Waals surface area contributed by atoms with Crippen molar-refractivity contribution < 1.29 is 76.1 Å². The molecule has 0 unspecified atom stereocenters. The summed E-state index contributed by atoms with van der Waals surface area (Å²) in [7, 11) is 0. The largest absolute Gasteiger partial charge is 0.463 e. The average molecular weight is 653 g/mol. The van der Waals surface area contributed by atoms with Gasteiger partial charge < -0.3 is 47.4 Å². The number of carbonyl (C=O) groups is 6. The van der Waals surface area contributed by atoms with E-state index in [1.807, 2.05) is 0 Å². The predicted octanol–water partition coefficient (Wildman–Crippen LogP) is 0.484. The van der Waals surface area contributed by atoms with E-state index in [-0.39, 0.29) is 6.61 Å². The molecule has 0 bridgehead atoms. The molecule has 0 radical (unpaired) electrons. The second-order valence-electron chi connectivity index (χ2n) is 9.66. The van der Waals surface area contributed by atoms with E-state index in [2.05, 4.69) is 6.58 Å². The summed E-state index contributed by atoms with van der Waals surface area (Å²) in [6, 6.07) is 0. The van der Waals surface area contributed by atoms with Crippen LogP contribution in [0.15, 0.2) is 12.7 Å². The van der Waals surface area contributed by atoms with Crippen molar-refractivity contribution in [1.29, 1.82) is 0 Å². The molecule has 16 nitrogen and oxygen atoms in total. The minimum atomic E-state index is -1.57. The van der Waals surface area contributed by atoms with Crippen LogP contribution < -0.4 is 0 Å². The maximum absolute atomic E-state index is 12.2. The Hall–Kier alpha value is -3.31. The topological polar surface area (TPSA) is 195 Å². The highest BCUT2D eigenvalue weighted by molar-refractivity contribution is 6.20. The molecule has 2 heterocycles. The Labute approximate surface area is 258 Å². The van der Waals surface area contributed by atoms with Crippen LogP contribution in [0.2, 0.25) is 0 Å². The minimum absolute atomic E-state index is 0.141. The Morgan fingerprint density at radius 3 is 1.50 bits per heavy atom. The van der Waals surface area contributed by atoms with Gasteiger partial charge in [0.05, 0.1) is 6.61 Å². The van der Waals surface area contributed by atoms with Crippen molar-refractivity contribution >= 4 is 47.4 Å². The standard InChI is InChI=1S/C27H37ClO16/c1-8-9-35-25-23(40-16(6)33)20(38-14(4)31)19(11-37-13(3)30)43-27(25)44-21-18(10-36-12(2)29)42-26(28)24(41-17(7)34)22(21)39-15(5)32/h8,18-27H,1,9-11H2,2-7H3/t18-,19-,20+,21-,22+,23+,24-,25-,26+,27+/m1/s1. The molecule has 0 aromatic rings. The zero-order chi connectivity index (χ0) is 33.1. The average Bonchev–Trinajstić information content (AvgIpc) is 2.90. The van der Waals surface area contributed by atoms with Gasteiger partial charge in [-0.05, 0) is 0 Å². The van der Waals surface area contributed by atoms with Crippen molar-refractivity contribution in [2.75, 3.05) is 19.8 Å². The van der Waals surface area contributed by atoms with Gasteiger partial charge in [0.25, 0.3) is 0 Å². The highest BCUT2D eigenvalue weighted by Gasteiger charge is 2.56. The van der Waals surface area contributed by atoms with Gasteiger partial charge in [-0.25, -0.2) is 0 Å². The fraction of sp³-hybridized carbons (Fsp3) is 0.704. The van der Waals surface area contributed by atoms with E-state index >= 15 is 0 Å². The third-order valence-electron chi connectivity index (χ3n) is 5.98. The van der Waals surface area contributed by atoms with Gasteiger partial charge in [0.15, 0.2) is 36.3 Å². The molecule has 2 aliphatic rings. The molecule has 2 aliphatic heterocycles. The summed E-state index contributed by atoms with van der Waals surface area (Å²) in [6.45, 7) is 9.19. The summed E-state index contributed by atoms with van der Waals surface area (Å²) < 4.78 is 55.9. The highest BCUT2D eigenvalue weighted by Crippen LogP contribution is 2.35. The Balaban J connectivity index is 2.64. The summed E-state index contributed by atoms with van der Waals surface area (Å²) in [4.78, 5) is 71.6. The van der Waals surface area contributed by atoms with E-state index in [0.29, 0.717) is 0 Å². The van der Waals surface area contributed by atoms with E-state index in [9.17, 15) is 28.8 Å². The first-order chi connectivity index (χ1) is 20.6. The van der Waals surface area contributed by atoms with Crippen LogP contribution in [0.3, 0.4) is 0 Å². The molecule has 2 saturated heterocycles. The maximum atomic E-state index is 12.2. The van der Waals surface area contributed by atoms with Crippen LogP contribution in [-0.4, -0.2) is 116 Å². The van der Waals surface area contributed by atoms with Crippen LogP contribution in [0.1, 0.15) is 41.5 Å². The Morgan fingerprint density at radius 1 is 0.614 bits per heavy atom. The van der Waals surface area contributed by atoms with Crippen LogP contribution >= 0.6 is 11.6 Å². The highest BCUT2D eigenvalue weighted by atomic mass is 35.5. The van der Waals surface area contributed by atoms with Crippen molar-refractivity contribution in [2.45, 2.75) is 102 Å². The molecule has 0 aromatic heterocycles. The number of esters is 6. The third kappa shape index (κ3) is 11.0. The monoisotopic (exact) mass is 652 g/mol. The van der Waals surface area contributed by atoms with Crippen molar-refractivity contribution in [3.05, 3.63) is 12.7 Å². The quantitative estimate of drug-likeness (QED) is 0.115. The first kappa shape index (κ1) is 36.9. The summed E-state index contributed by atoms with van der Waals surface area (Å²) in [5.41, 5.74) is -1.39. The smallest absolute Gasteiger partial charge is 0.303 e. The molecular formula is C27H37ClO16. The Bertz CT molecular complexity index is 1060. The lowest BCUT2D eigenvalue weighted by atomic mass is 9.96. The SMILES string of the molecule is C=CCO[C@H]1[C@H](O[C@H]2[C@H](OC(C)=O)[C@@H](OC(C)=O)[C@@H](Cl)O[C@@H]2COC(C)=O)O[C@H](COC(C)=O)[C@H](OC(C)=O)[C@@H]1OC(C)=O. The number of carbonyl (C=O) groups excluding carboxylic acids is 6. The fourth-order valence-corrected chi connectivity index (χ4v) is 4.82. The van der Waals surface area contributed by atoms with Gasteiger partial charge in [-0.3, -0.25) is 28.8 Å². The number of hydrogen-bond acceptors (Lipinski definition) is 16. The van der Waals surface area contributed by atoms with Crippen LogP contribution in [0.4, 0.5) is 0 Å². The van der Waals surface area contributed by atoms with Crippen molar-refractivity contribution in [2.24, 2.45) is 0 Å². The fourth-order valence-electron chi connectivity index (χ4n) is 4.50. The summed E-state index contributed by atoms with van der Waals surface area (Å²) in [5.74, 6) is -4.57.